The number of rotatable bonds is 5. The molecular weight excluding hydrogens is 449 g/mol. The van der Waals surface area contributed by atoms with Gasteiger partial charge in [0.15, 0.2) is 0 Å². The average Bonchev–Trinajstić information content (AvgIpc) is 3.04. The van der Waals surface area contributed by atoms with Crippen LogP contribution in [-0.4, -0.2) is 20.1 Å². The number of aromatic hydroxyl groups is 1. The molecule has 1 aromatic heterocycles. The first kappa shape index (κ1) is 20.1. The van der Waals surface area contributed by atoms with E-state index in [0.29, 0.717) is 5.69 Å². The largest absolute Gasteiger partial charge is 0.505 e. The molecule has 0 aliphatic carbocycles. The standard InChI is InChI=1S/C22H28IN3O/c1-7-21(3,4)14-11-16(22(5,6)8-2)20(27)19(12-14)26-24-17-10-9-15(23)13-18(17)25-26/h9-13,27H,7-8H2,1-6H3. The predicted molar refractivity (Wildman–Crippen MR) is 120 cm³/mol. The van der Waals surface area contributed by atoms with E-state index in [1.807, 2.05) is 24.3 Å². The van der Waals surface area contributed by atoms with E-state index in [0.717, 1.165) is 33.0 Å². The van der Waals surface area contributed by atoms with Gasteiger partial charge in [-0.1, -0.05) is 47.6 Å². The number of hydrogen-bond donors (Lipinski definition) is 1. The van der Waals surface area contributed by atoms with Crippen LogP contribution in [0.15, 0.2) is 30.3 Å². The Hall–Kier alpha value is -1.63. The number of aromatic nitrogens is 3. The number of nitrogens with zero attached hydrogens (tertiary/aromatic N) is 3. The highest BCUT2D eigenvalue weighted by atomic mass is 127. The summed E-state index contributed by atoms with van der Waals surface area (Å²) in [6.07, 6.45) is 1.94. The maximum atomic E-state index is 11.1. The van der Waals surface area contributed by atoms with Crippen molar-refractivity contribution in [3.05, 3.63) is 45.0 Å². The van der Waals surface area contributed by atoms with Gasteiger partial charge < -0.3 is 5.11 Å². The maximum Gasteiger partial charge on any atom is 0.146 e. The van der Waals surface area contributed by atoms with Gasteiger partial charge in [0.25, 0.3) is 0 Å². The van der Waals surface area contributed by atoms with E-state index in [1.165, 1.54) is 5.56 Å². The minimum atomic E-state index is -0.138. The number of benzene rings is 2. The Labute approximate surface area is 175 Å². The summed E-state index contributed by atoms with van der Waals surface area (Å²) < 4.78 is 1.12. The Morgan fingerprint density at radius 2 is 1.56 bits per heavy atom. The highest BCUT2D eigenvalue weighted by molar-refractivity contribution is 14.1. The highest BCUT2D eigenvalue weighted by Crippen LogP contribution is 2.41. The second-order valence-electron chi connectivity index (χ2n) is 8.49. The van der Waals surface area contributed by atoms with Gasteiger partial charge in [0.2, 0.25) is 0 Å². The fourth-order valence-electron chi connectivity index (χ4n) is 3.07. The van der Waals surface area contributed by atoms with E-state index >= 15 is 0 Å². The molecule has 0 saturated heterocycles. The van der Waals surface area contributed by atoms with Crippen LogP contribution >= 0.6 is 22.6 Å². The Morgan fingerprint density at radius 1 is 0.926 bits per heavy atom. The summed E-state index contributed by atoms with van der Waals surface area (Å²) in [7, 11) is 0. The second-order valence-corrected chi connectivity index (χ2v) is 9.73. The van der Waals surface area contributed by atoms with Gasteiger partial charge in [-0.2, -0.15) is 0 Å². The summed E-state index contributed by atoms with van der Waals surface area (Å²) >= 11 is 2.27. The van der Waals surface area contributed by atoms with Crippen LogP contribution in [0.25, 0.3) is 16.7 Å². The van der Waals surface area contributed by atoms with E-state index < -0.39 is 0 Å². The molecule has 27 heavy (non-hydrogen) atoms. The van der Waals surface area contributed by atoms with Crippen molar-refractivity contribution in [2.75, 3.05) is 0 Å². The van der Waals surface area contributed by atoms with Crippen molar-refractivity contribution in [3.63, 3.8) is 0 Å². The first-order chi connectivity index (χ1) is 12.6. The highest BCUT2D eigenvalue weighted by Gasteiger charge is 2.29. The van der Waals surface area contributed by atoms with Crippen molar-refractivity contribution in [1.82, 2.24) is 15.0 Å². The van der Waals surface area contributed by atoms with Crippen molar-refractivity contribution in [1.29, 1.82) is 0 Å². The van der Waals surface area contributed by atoms with Gasteiger partial charge in [-0.05, 0) is 76.1 Å². The molecule has 0 saturated carbocycles. The number of halogens is 1. The summed E-state index contributed by atoms with van der Waals surface area (Å²) in [4.78, 5) is 1.58. The lowest BCUT2D eigenvalue weighted by Gasteiger charge is -2.30. The molecule has 2 aromatic carbocycles. The van der Waals surface area contributed by atoms with Gasteiger partial charge in [0.1, 0.15) is 22.5 Å². The van der Waals surface area contributed by atoms with Gasteiger partial charge in [0, 0.05) is 9.13 Å². The Bertz CT molecular complexity index is 989. The quantitative estimate of drug-likeness (QED) is 0.452. The van der Waals surface area contributed by atoms with Crippen LogP contribution < -0.4 is 0 Å². The molecule has 1 heterocycles. The van der Waals surface area contributed by atoms with Crippen LogP contribution in [-0.2, 0) is 10.8 Å². The summed E-state index contributed by atoms with van der Waals surface area (Å²) in [5.74, 6) is 0.271. The summed E-state index contributed by atoms with van der Waals surface area (Å²) in [5, 5.41) is 20.4. The van der Waals surface area contributed by atoms with E-state index in [2.05, 4.69) is 80.4 Å². The molecule has 0 fully saturated rings. The molecule has 0 aliphatic heterocycles. The minimum absolute atomic E-state index is 0.00295. The number of hydrogen-bond acceptors (Lipinski definition) is 3. The third kappa shape index (κ3) is 3.71. The van der Waals surface area contributed by atoms with E-state index in [4.69, 9.17) is 0 Å². The fourth-order valence-corrected chi connectivity index (χ4v) is 3.54. The lowest BCUT2D eigenvalue weighted by molar-refractivity contribution is 0.420. The second kappa shape index (κ2) is 7.08. The molecule has 0 bridgehead atoms. The first-order valence-electron chi connectivity index (χ1n) is 9.50. The molecule has 0 radical (unpaired) electrons. The van der Waals surface area contributed by atoms with Crippen LogP contribution in [0.4, 0.5) is 0 Å². The van der Waals surface area contributed by atoms with Gasteiger partial charge in [0.05, 0.1) is 0 Å². The molecule has 5 heteroatoms. The van der Waals surface area contributed by atoms with Crippen LogP contribution in [0.1, 0.15) is 65.5 Å². The van der Waals surface area contributed by atoms with Crippen LogP contribution in [0.2, 0.25) is 0 Å². The fraction of sp³-hybridized carbons (Fsp3) is 0.455. The lowest BCUT2D eigenvalue weighted by Crippen LogP contribution is -2.21. The molecule has 0 atom stereocenters. The average molecular weight is 477 g/mol. The van der Waals surface area contributed by atoms with Gasteiger partial charge in [-0.3, -0.25) is 0 Å². The zero-order valence-electron chi connectivity index (χ0n) is 17.0. The Balaban J connectivity index is 2.29. The Kier molecular flexibility index (Phi) is 5.27. The molecule has 144 valence electrons. The number of phenolic OH excluding ortho intramolecular Hbond substituents is 1. The van der Waals surface area contributed by atoms with Crippen molar-refractivity contribution >= 4 is 33.6 Å². The predicted octanol–water partition coefficient (Wildman–Crippen LogP) is 6.11. The minimum Gasteiger partial charge on any atom is -0.505 e. The molecule has 0 amide bonds. The smallest absolute Gasteiger partial charge is 0.146 e. The topological polar surface area (TPSA) is 50.9 Å². The van der Waals surface area contributed by atoms with Crippen molar-refractivity contribution < 1.29 is 5.11 Å². The van der Waals surface area contributed by atoms with E-state index in [9.17, 15) is 5.11 Å². The molecule has 0 spiro atoms. The third-order valence-corrected chi connectivity index (χ3v) is 6.60. The van der Waals surface area contributed by atoms with Crippen LogP contribution in [0, 0.1) is 3.57 Å². The monoisotopic (exact) mass is 477 g/mol. The SMILES string of the molecule is CCC(C)(C)c1cc(-n2nc3ccc(I)cc3n2)c(O)c(C(C)(C)CC)c1. The maximum absolute atomic E-state index is 11.1. The molecule has 0 aliphatic rings. The lowest BCUT2D eigenvalue weighted by atomic mass is 9.76. The zero-order chi connectivity index (χ0) is 20.0. The van der Waals surface area contributed by atoms with Gasteiger partial charge in [-0.25, -0.2) is 0 Å². The summed E-state index contributed by atoms with van der Waals surface area (Å²) in [6, 6.07) is 10.2. The normalized spacial score (nSPS) is 12.7. The number of phenols is 1. The molecule has 1 N–H and O–H groups in total. The molecule has 4 nitrogen and oxygen atoms in total. The molecular formula is C22H28IN3O. The molecule has 3 aromatic rings. The van der Waals surface area contributed by atoms with Crippen molar-refractivity contribution in [3.8, 4) is 11.4 Å². The van der Waals surface area contributed by atoms with Crippen LogP contribution in [0.5, 0.6) is 5.75 Å². The summed E-state index contributed by atoms with van der Waals surface area (Å²) in [6.45, 7) is 13.2. The zero-order valence-corrected chi connectivity index (χ0v) is 19.1. The van der Waals surface area contributed by atoms with E-state index in [-0.39, 0.29) is 16.6 Å². The molecule has 0 unspecified atom stereocenters. The summed E-state index contributed by atoms with van der Waals surface area (Å²) in [5.41, 5.74) is 4.32. The Morgan fingerprint density at radius 3 is 2.19 bits per heavy atom. The van der Waals surface area contributed by atoms with Crippen molar-refractivity contribution in [2.24, 2.45) is 0 Å². The van der Waals surface area contributed by atoms with Gasteiger partial charge >= 0.3 is 0 Å². The third-order valence-electron chi connectivity index (χ3n) is 5.93. The first-order valence-corrected chi connectivity index (χ1v) is 10.6. The molecule has 3 rings (SSSR count). The van der Waals surface area contributed by atoms with Crippen molar-refractivity contribution in [2.45, 2.75) is 65.2 Å². The van der Waals surface area contributed by atoms with Crippen LogP contribution in [0.3, 0.4) is 0 Å². The van der Waals surface area contributed by atoms with Gasteiger partial charge in [-0.15, -0.1) is 15.0 Å². The number of fused-ring (bicyclic) bond motifs is 1. The van der Waals surface area contributed by atoms with E-state index in [1.54, 1.807) is 4.80 Å².